The zero-order chi connectivity index (χ0) is 12.4. The van der Waals surface area contributed by atoms with Gasteiger partial charge in [-0.25, -0.2) is 4.98 Å². The number of aryl methyl sites for hydroxylation is 1. The average molecular weight is 233 g/mol. The van der Waals surface area contributed by atoms with Gasteiger partial charge in [-0.2, -0.15) is 5.10 Å². The van der Waals surface area contributed by atoms with E-state index >= 15 is 0 Å². The highest BCUT2D eigenvalue weighted by molar-refractivity contribution is 5.25. The van der Waals surface area contributed by atoms with E-state index < -0.39 is 0 Å². The van der Waals surface area contributed by atoms with E-state index in [-0.39, 0.29) is 0 Å². The molecular weight excluding hydrogens is 214 g/mol. The fourth-order valence-corrected chi connectivity index (χ4v) is 2.04. The maximum absolute atomic E-state index is 5.85. The smallest absolute Gasteiger partial charge is 0.160 e. The van der Waals surface area contributed by atoms with E-state index in [0.29, 0.717) is 18.4 Å². The second kappa shape index (κ2) is 4.71. The van der Waals surface area contributed by atoms with E-state index in [1.54, 1.807) is 11.0 Å². The van der Waals surface area contributed by atoms with Crippen LogP contribution in [0.1, 0.15) is 25.5 Å². The first-order valence-corrected chi connectivity index (χ1v) is 5.85. The predicted molar refractivity (Wildman–Crippen MR) is 67.0 cm³/mol. The van der Waals surface area contributed by atoms with Gasteiger partial charge in [0.25, 0.3) is 0 Å². The molecule has 0 amide bonds. The highest BCUT2D eigenvalue weighted by Gasteiger charge is 2.19. The Kier molecular flexibility index (Phi) is 3.28. The average Bonchev–Trinajstić information content (AvgIpc) is 2.87. The summed E-state index contributed by atoms with van der Waals surface area (Å²) < 4.78 is 3.80. The van der Waals surface area contributed by atoms with Gasteiger partial charge >= 0.3 is 0 Å². The Hall–Kier alpha value is -1.62. The molecule has 0 aromatic carbocycles. The normalized spacial score (nSPS) is 13.2. The summed E-state index contributed by atoms with van der Waals surface area (Å²) in [5, 5.41) is 4.39. The van der Waals surface area contributed by atoms with Crippen molar-refractivity contribution in [2.24, 2.45) is 18.7 Å². The van der Waals surface area contributed by atoms with E-state index in [0.717, 1.165) is 11.5 Å². The predicted octanol–water partition coefficient (Wildman–Crippen LogP) is 1.30. The van der Waals surface area contributed by atoms with Crippen molar-refractivity contribution in [1.82, 2.24) is 19.3 Å². The summed E-state index contributed by atoms with van der Waals surface area (Å²) in [6.45, 7) is 4.97. The zero-order valence-electron chi connectivity index (χ0n) is 10.5. The molecule has 2 heterocycles. The van der Waals surface area contributed by atoms with Gasteiger partial charge in [-0.1, -0.05) is 13.8 Å². The Labute approximate surface area is 101 Å². The highest BCUT2D eigenvalue weighted by atomic mass is 15.3. The third kappa shape index (κ3) is 2.24. The topological polar surface area (TPSA) is 61.7 Å². The van der Waals surface area contributed by atoms with E-state index in [1.807, 2.05) is 30.1 Å². The minimum Gasteiger partial charge on any atom is -0.330 e. The minimum atomic E-state index is 0.305. The molecule has 0 aliphatic heterocycles. The molecule has 5 heteroatoms. The summed E-state index contributed by atoms with van der Waals surface area (Å²) in [5.74, 6) is 1.68. The summed E-state index contributed by atoms with van der Waals surface area (Å²) in [6.07, 6.45) is 5.60. The maximum Gasteiger partial charge on any atom is 0.160 e. The Morgan fingerprint density at radius 1 is 1.41 bits per heavy atom. The van der Waals surface area contributed by atoms with Crippen LogP contribution in [0.2, 0.25) is 0 Å². The summed E-state index contributed by atoms with van der Waals surface area (Å²) >= 11 is 0. The lowest BCUT2D eigenvalue weighted by molar-refractivity contribution is 0.488. The molecule has 5 nitrogen and oxygen atoms in total. The van der Waals surface area contributed by atoms with E-state index in [4.69, 9.17) is 5.73 Å². The third-order valence-electron chi connectivity index (χ3n) is 3.05. The molecule has 0 fully saturated rings. The van der Waals surface area contributed by atoms with E-state index in [9.17, 15) is 0 Å². The molecule has 0 aliphatic rings. The first-order valence-electron chi connectivity index (χ1n) is 5.85. The fourth-order valence-electron chi connectivity index (χ4n) is 2.04. The van der Waals surface area contributed by atoms with Crippen molar-refractivity contribution < 1.29 is 0 Å². The zero-order valence-corrected chi connectivity index (χ0v) is 10.5. The van der Waals surface area contributed by atoms with Crippen molar-refractivity contribution in [3.63, 3.8) is 0 Å². The maximum atomic E-state index is 5.85. The van der Waals surface area contributed by atoms with Crippen LogP contribution >= 0.6 is 0 Å². The monoisotopic (exact) mass is 233 g/mol. The van der Waals surface area contributed by atoms with Crippen molar-refractivity contribution in [1.29, 1.82) is 0 Å². The van der Waals surface area contributed by atoms with Gasteiger partial charge in [-0.05, 0) is 5.92 Å². The molecule has 0 aliphatic carbocycles. The van der Waals surface area contributed by atoms with Crippen molar-refractivity contribution in [2.75, 3.05) is 6.54 Å². The first-order chi connectivity index (χ1) is 8.13. The molecule has 1 unspecified atom stereocenters. The molecular formula is C12H19N5. The van der Waals surface area contributed by atoms with Crippen molar-refractivity contribution in [3.05, 3.63) is 30.5 Å². The molecule has 2 aromatic rings. The highest BCUT2D eigenvalue weighted by Crippen LogP contribution is 2.24. The first kappa shape index (κ1) is 11.9. The number of rotatable bonds is 4. The van der Waals surface area contributed by atoms with Crippen LogP contribution in [0.25, 0.3) is 5.82 Å². The van der Waals surface area contributed by atoms with Gasteiger partial charge in [0.05, 0.1) is 0 Å². The molecule has 2 rings (SSSR count). The lowest BCUT2D eigenvalue weighted by Gasteiger charge is -2.19. The quantitative estimate of drug-likeness (QED) is 0.866. The van der Waals surface area contributed by atoms with Crippen molar-refractivity contribution in [3.8, 4) is 5.82 Å². The van der Waals surface area contributed by atoms with Crippen molar-refractivity contribution in [2.45, 2.75) is 19.8 Å². The number of aromatic nitrogens is 4. The van der Waals surface area contributed by atoms with Crippen LogP contribution in [0.3, 0.4) is 0 Å². The largest absolute Gasteiger partial charge is 0.330 e. The van der Waals surface area contributed by atoms with Gasteiger partial charge in [0, 0.05) is 43.7 Å². The van der Waals surface area contributed by atoms with E-state index in [2.05, 4.69) is 23.9 Å². The number of hydrogen-bond acceptors (Lipinski definition) is 3. The molecule has 0 saturated carbocycles. The van der Waals surface area contributed by atoms with Crippen LogP contribution in [0.15, 0.2) is 24.8 Å². The second-order valence-corrected chi connectivity index (χ2v) is 4.62. The summed E-state index contributed by atoms with van der Waals surface area (Å²) in [6, 6.07) is 1.97. The van der Waals surface area contributed by atoms with Crippen LogP contribution in [-0.4, -0.2) is 25.9 Å². The molecule has 0 spiro atoms. The Morgan fingerprint density at radius 3 is 2.71 bits per heavy atom. The van der Waals surface area contributed by atoms with Gasteiger partial charge < -0.3 is 5.73 Å². The van der Waals surface area contributed by atoms with Gasteiger partial charge in [0.2, 0.25) is 0 Å². The SMILES string of the molecule is CC(C)C(CN)c1cncn1-c1ccn(C)n1. The number of nitrogens with zero attached hydrogens (tertiary/aromatic N) is 4. The number of nitrogens with two attached hydrogens (primary N) is 1. The summed E-state index contributed by atoms with van der Waals surface area (Å²) in [4.78, 5) is 4.22. The standard InChI is InChI=1S/C12H19N5/c1-9(2)10(6-13)11-7-14-8-17(11)12-4-5-16(3)15-12/h4-5,7-10H,6,13H2,1-3H3. The Morgan fingerprint density at radius 2 is 2.18 bits per heavy atom. The molecule has 0 bridgehead atoms. The molecule has 0 radical (unpaired) electrons. The molecule has 17 heavy (non-hydrogen) atoms. The van der Waals surface area contributed by atoms with Crippen LogP contribution in [0.4, 0.5) is 0 Å². The van der Waals surface area contributed by atoms with Gasteiger partial charge in [0.1, 0.15) is 6.33 Å². The lowest BCUT2D eigenvalue weighted by atomic mass is 9.93. The second-order valence-electron chi connectivity index (χ2n) is 4.62. The third-order valence-corrected chi connectivity index (χ3v) is 3.05. The van der Waals surface area contributed by atoms with Crippen LogP contribution in [0, 0.1) is 5.92 Å². The van der Waals surface area contributed by atoms with Gasteiger partial charge in [-0.3, -0.25) is 9.25 Å². The lowest BCUT2D eigenvalue weighted by Crippen LogP contribution is -2.20. The van der Waals surface area contributed by atoms with Crippen molar-refractivity contribution >= 4 is 0 Å². The molecule has 2 aromatic heterocycles. The van der Waals surface area contributed by atoms with Crippen LogP contribution in [0.5, 0.6) is 0 Å². The molecule has 92 valence electrons. The summed E-state index contributed by atoms with van der Waals surface area (Å²) in [5.41, 5.74) is 6.98. The Bertz CT molecular complexity index is 483. The van der Waals surface area contributed by atoms with Gasteiger partial charge in [-0.15, -0.1) is 0 Å². The number of imidazole rings is 1. The van der Waals surface area contributed by atoms with Crippen LogP contribution < -0.4 is 5.73 Å². The van der Waals surface area contributed by atoms with Crippen LogP contribution in [-0.2, 0) is 7.05 Å². The Balaban J connectivity index is 2.40. The number of hydrogen-bond donors (Lipinski definition) is 1. The fraction of sp³-hybridized carbons (Fsp3) is 0.500. The van der Waals surface area contributed by atoms with Gasteiger partial charge in [0.15, 0.2) is 5.82 Å². The molecule has 1 atom stereocenters. The van der Waals surface area contributed by atoms with E-state index in [1.165, 1.54) is 0 Å². The molecule has 0 saturated heterocycles. The molecule has 2 N–H and O–H groups in total. The minimum absolute atomic E-state index is 0.305. The summed E-state index contributed by atoms with van der Waals surface area (Å²) in [7, 11) is 1.91.